The fourth-order valence-corrected chi connectivity index (χ4v) is 7.05. The molecule has 0 saturated heterocycles. The summed E-state index contributed by atoms with van der Waals surface area (Å²) in [6, 6.07) is 44.3. The Labute approximate surface area is 270 Å². The predicted molar refractivity (Wildman–Crippen MR) is 191 cm³/mol. The highest BCUT2D eigenvalue weighted by Crippen LogP contribution is 2.39. The van der Waals surface area contributed by atoms with Crippen molar-refractivity contribution in [2.45, 2.75) is 0 Å². The molecule has 214 valence electrons. The number of aromatic nitrogens is 4. The molecule has 0 unspecified atom stereocenters. The van der Waals surface area contributed by atoms with Gasteiger partial charge in [-0.1, -0.05) is 109 Å². The summed E-state index contributed by atoms with van der Waals surface area (Å²) in [7, 11) is 0. The maximum Gasteiger partial charge on any atom is 0.235 e. The number of para-hydroxylation sites is 4. The first kappa shape index (κ1) is 21.4. The van der Waals surface area contributed by atoms with Crippen LogP contribution in [0.15, 0.2) is 158 Å². The average molecular weight is 591 g/mol. The van der Waals surface area contributed by atoms with Gasteiger partial charge in [-0.3, -0.25) is 4.57 Å². The highest BCUT2D eigenvalue weighted by Gasteiger charge is 2.19. The largest absolute Gasteiger partial charge is 0.309 e. The van der Waals surface area contributed by atoms with E-state index in [-0.39, 0.29) is 24.2 Å². The zero-order valence-electron chi connectivity index (χ0n) is 28.5. The normalized spacial score (nSPS) is 13.1. The first-order chi connectivity index (χ1) is 24.5. The van der Waals surface area contributed by atoms with Gasteiger partial charge < -0.3 is 4.57 Å². The molecular formula is C42H26N4. The van der Waals surface area contributed by atoms with Gasteiger partial charge in [0, 0.05) is 38.2 Å². The molecule has 3 heterocycles. The lowest BCUT2D eigenvalue weighted by Crippen LogP contribution is -2.03. The SMILES string of the molecule is [2H]c1c([2H])c([2H])c2c(c1[2H])c1c3ccccc3ccc1n2-c1nc(-c2ccc3c(c2)c2ccccc2n3-c2ccccc2)c2ccccc2n1. The van der Waals surface area contributed by atoms with Crippen molar-refractivity contribution in [1.29, 1.82) is 0 Å². The molecular weight excluding hydrogens is 560 g/mol. The molecule has 0 fully saturated rings. The van der Waals surface area contributed by atoms with E-state index in [0.717, 1.165) is 65.8 Å². The minimum absolute atomic E-state index is 0.0811. The summed E-state index contributed by atoms with van der Waals surface area (Å²) in [5, 5.41) is 6.21. The van der Waals surface area contributed by atoms with Gasteiger partial charge in [0.25, 0.3) is 0 Å². The first-order valence-corrected chi connectivity index (χ1v) is 15.3. The Bertz CT molecular complexity index is 3040. The van der Waals surface area contributed by atoms with Gasteiger partial charge in [-0.15, -0.1) is 0 Å². The fourth-order valence-electron chi connectivity index (χ4n) is 7.05. The third-order valence-electron chi connectivity index (χ3n) is 9.04. The second-order valence-electron chi connectivity index (χ2n) is 11.5. The average Bonchev–Trinajstić information content (AvgIpc) is 3.70. The minimum atomic E-state index is -0.294. The number of rotatable bonds is 3. The van der Waals surface area contributed by atoms with E-state index in [1.807, 2.05) is 71.3 Å². The zero-order valence-corrected chi connectivity index (χ0v) is 24.5. The van der Waals surface area contributed by atoms with E-state index in [9.17, 15) is 0 Å². The summed E-state index contributed by atoms with van der Waals surface area (Å²) in [6.07, 6.45) is 0. The summed E-state index contributed by atoms with van der Waals surface area (Å²) in [5.41, 5.74) is 6.75. The van der Waals surface area contributed by atoms with Crippen LogP contribution in [0, 0.1) is 0 Å². The zero-order chi connectivity index (χ0) is 33.7. The summed E-state index contributed by atoms with van der Waals surface area (Å²) < 4.78 is 39.4. The van der Waals surface area contributed by atoms with Gasteiger partial charge in [0.05, 0.1) is 38.8 Å². The molecule has 0 saturated carbocycles. The number of fused-ring (bicyclic) bond motifs is 9. The number of nitrogens with zero attached hydrogens (tertiary/aromatic N) is 4. The molecule has 0 bridgehead atoms. The Hall–Kier alpha value is -6.26. The van der Waals surface area contributed by atoms with Crippen molar-refractivity contribution in [2.24, 2.45) is 0 Å². The summed E-state index contributed by atoms with van der Waals surface area (Å²) in [6.45, 7) is 0. The van der Waals surface area contributed by atoms with Crippen LogP contribution in [-0.4, -0.2) is 19.1 Å². The summed E-state index contributed by atoms with van der Waals surface area (Å²) in [5.74, 6) is 0.339. The Morgan fingerprint density at radius 2 is 1.20 bits per heavy atom. The van der Waals surface area contributed by atoms with Crippen LogP contribution in [-0.2, 0) is 0 Å². The van der Waals surface area contributed by atoms with Crippen molar-refractivity contribution in [2.75, 3.05) is 0 Å². The van der Waals surface area contributed by atoms with Gasteiger partial charge >= 0.3 is 0 Å². The molecule has 0 aliphatic rings. The van der Waals surface area contributed by atoms with E-state index in [2.05, 4.69) is 71.3 Å². The molecule has 0 radical (unpaired) electrons. The number of hydrogen-bond acceptors (Lipinski definition) is 2. The third kappa shape index (κ3) is 3.55. The van der Waals surface area contributed by atoms with Crippen molar-refractivity contribution >= 4 is 65.3 Å². The molecule has 4 heteroatoms. The highest BCUT2D eigenvalue weighted by atomic mass is 15.2. The van der Waals surface area contributed by atoms with Crippen molar-refractivity contribution < 1.29 is 5.48 Å². The van der Waals surface area contributed by atoms with E-state index in [4.69, 9.17) is 15.5 Å². The standard InChI is InChI=1S/C42H26N4/c1-2-13-29(14-3-1)45-36-20-10-7-16-31(36)34-26-28(23-24-38(34)45)41-32-17-6-9-19-35(32)43-42(44-41)46-37-21-11-8-18-33(37)40-30-15-5-4-12-27(30)22-25-39(40)46/h1-26H/i8D,11D,18D,21D. The molecule has 10 aromatic rings. The number of benzene rings is 7. The van der Waals surface area contributed by atoms with Crippen LogP contribution in [0.25, 0.3) is 88.2 Å². The molecule has 0 aliphatic carbocycles. The lowest BCUT2D eigenvalue weighted by molar-refractivity contribution is 1.01. The fraction of sp³-hybridized carbons (Fsp3) is 0. The smallest absolute Gasteiger partial charge is 0.235 e. The minimum Gasteiger partial charge on any atom is -0.309 e. The van der Waals surface area contributed by atoms with E-state index < -0.39 is 0 Å². The van der Waals surface area contributed by atoms with E-state index in [0.29, 0.717) is 22.4 Å². The topological polar surface area (TPSA) is 35.6 Å². The Balaban J connectivity index is 1.31. The molecule has 3 aromatic heterocycles. The van der Waals surface area contributed by atoms with Crippen LogP contribution in [0.2, 0.25) is 0 Å². The molecule has 4 nitrogen and oxygen atoms in total. The Morgan fingerprint density at radius 1 is 0.478 bits per heavy atom. The molecule has 7 aromatic carbocycles. The van der Waals surface area contributed by atoms with Crippen LogP contribution in [0.4, 0.5) is 0 Å². The molecule has 0 atom stereocenters. The molecule has 0 N–H and O–H groups in total. The van der Waals surface area contributed by atoms with E-state index in [1.165, 1.54) is 0 Å². The molecule has 0 aliphatic heterocycles. The highest BCUT2D eigenvalue weighted by molar-refractivity contribution is 6.21. The van der Waals surface area contributed by atoms with Gasteiger partial charge in [-0.2, -0.15) is 0 Å². The third-order valence-corrected chi connectivity index (χ3v) is 9.04. The monoisotopic (exact) mass is 590 g/mol. The first-order valence-electron chi connectivity index (χ1n) is 17.3. The van der Waals surface area contributed by atoms with Crippen molar-refractivity contribution in [1.82, 2.24) is 19.1 Å². The van der Waals surface area contributed by atoms with E-state index in [1.54, 1.807) is 0 Å². The maximum atomic E-state index is 9.11. The van der Waals surface area contributed by atoms with Gasteiger partial charge in [0.15, 0.2) is 0 Å². The van der Waals surface area contributed by atoms with Gasteiger partial charge in [0.2, 0.25) is 5.95 Å². The van der Waals surface area contributed by atoms with Gasteiger partial charge in [-0.05, 0) is 59.3 Å². The maximum absolute atomic E-state index is 9.11. The molecule has 46 heavy (non-hydrogen) atoms. The molecule has 0 amide bonds. The van der Waals surface area contributed by atoms with Crippen LogP contribution in [0.1, 0.15) is 5.48 Å². The number of hydrogen-bond donors (Lipinski definition) is 0. The van der Waals surface area contributed by atoms with Crippen LogP contribution in [0.5, 0.6) is 0 Å². The second-order valence-corrected chi connectivity index (χ2v) is 11.5. The lowest BCUT2D eigenvalue weighted by atomic mass is 10.0. The molecule has 10 rings (SSSR count). The summed E-state index contributed by atoms with van der Waals surface area (Å²) in [4.78, 5) is 10.3. The van der Waals surface area contributed by atoms with Gasteiger partial charge in [0.1, 0.15) is 0 Å². The van der Waals surface area contributed by atoms with Crippen molar-refractivity contribution in [3.8, 4) is 22.9 Å². The van der Waals surface area contributed by atoms with Crippen LogP contribution < -0.4 is 0 Å². The lowest BCUT2D eigenvalue weighted by Gasteiger charge is -2.12. The van der Waals surface area contributed by atoms with Gasteiger partial charge in [-0.25, -0.2) is 9.97 Å². The summed E-state index contributed by atoms with van der Waals surface area (Å²) >= 11 is 0. The van der Waals surface area contributed by atoms with Crippen molar-refractivity contribution in [3.63, 3.8) is 0 Å². The van der Waals surface area contributed by atoms with Crippen LogP contribution in [0.3, 0.4) is 0 Å². The predicted octanol–water partition coefficient (Wildman–Crippen LogP) is 10.6. The Kier molecular flexibility index (Phi) is 4.48. The Morgan fingerprint density at radius 3 is 2.11 bits per heavy atom. The van der Waals surface area contributed by atoms with Crippen molar-refractivity contribution in [3.05, 3.63) is 158 Å². The molecule has 0 spiro atoms. The second kappa shape index (κ2) is 9.62. The van der Waals surface area contributed by atoms with E-state index >= 15 is 0 Å². The quantitative estimate of drug-likeness (QED) is 0.205. The van der Waals surface area contributed by atoms with Crippen LogP contribution >= 0.6 is 0 Å².